The van der Waals surface area contributed by atoms with Gasteiger partial charge in [-0.25, -0.2) is 0 Å². The SMILES string of the molecule is CCOC(=O)CN(C(C)C)C1C=CCCC1. The number of nitrogens with zero attached hydrogens (tertiary/aromatic N) is 1. The summed E-state index contributed by atoms with van der Waals surface area (Å²) >= 11 is 0. The van der Waals surface area contributed by atoms with E-state index in [-0.39, 0.29) is 5.97 Å². The fourth-order valence-electron chi connectivity index (χ4n) is 2.11. The maximum Gasteiger partial charge on any atom is 0.320 e. The zero-order valence-electron chi connectivity index (χ0n) is 10.6. The van der Waals surface area contributed by atoms with Gasteiger partial charge < -0.3 is 4.74 Å². The number of hydrogen-bond donors (Lipinski definition) is 0. The molecule has 0 radical (unpaired) electrons. The molecule has 0 saturated carbocycles. The molecule has 1 aliphatic carbocycles. The number of carbonyl (C=O) groups is 1. The van der Waals surface area contributed by atoms with E-state index < -0.39 is 0 Å². The van der Waals surface area contributed by atoms with Crippen LogP contribution in [0.5, 0.6) is 0 Å². The monoisotopic (exact) mass is 225 g/mol. The van der Waals surface area contributed by atoms with Crippen molar-refractivity contribution in [2.75, 3.05) is 13.2 Å². The van der Waals surface area contributed by atoms with Crippen LogP contribution in [0.25, 0.3) is 0 Å². The summed E-state index contributed by atoms with van der Waals surface area (Å²) in [6, 6.07) is 0.773. The number of carbonyl (C=O) groups excluding carboxylic acids is 1. The van der Waals surface area contributed by atoms with E-state index in [1.165, 1.54) is 12.8 Å². The largest absolute Gasteiger partial charge is 0.465 e. The minimum Gasteiger partial charge on any atom is -0.465 e. The molecule has 0 aliphatic heterocycles. The highest BCUT2D eigenvalue weighted by Crippen LogP contribution is 2.18. The molecule has 0 heterocycles. The molecule has 92 valence electrons. The molecule has 16 heavy (non-hydrogen) atoms. The lowest BCUT2D eigenvalue weighted by atomic mass is 10.0. The van der Waals surface area contributed by atoms with Crippen LogP contribution < -0.4 is 0 Å². The van der Waals surface area contributed by atoms with Gasteiger partial charge in [-0.3, -0.25) is 9.69 Å². The standard InChI is InChI=1S/C13H23NO2/c1-4-16-13(15)10-14(11(2)3)12-8-6-5-7-9-12/h6,8,11-12H,4-5,7,9-10H2,1-3H3. The van der Waals surface area contributed by atoms with E-state index in [1.807, 2.05) is 6.92 Å². The zero-order chi connectivity index (χ0) is 12.0. The van der Waals surface area contributed by atoms with Gasteiger partial charge in [0.25, 0.3) is 0 Å². The summed E-state index contributed by atoms with van der Waals surface area (Å²) in [4.78, 5) is 13.7. The summed E-state index contributed by atoms with van der Waals surface area (Å²) in [6.07, 6.45) is 7.97. The van der Waals surface area contributed by atoms with Gasteiger partial charge >= 0.3 is 5.97 Å². The third-order valence-electron chi connectivity index (χ3n) is 2.94. The first-order valence-corrected chi connectivity index (χ1v) is 6.23. The lowest BCUT2D eigenvalue weighted by Crippen LogP contribution is -2.43. The molecule has 1 unspecified atom stereocenters. The molecule has 0 fully saturated rings. The predicted octanol–water partition coefficient (Wildman–Crippen LogP) is 2.37. The molecular formula is C13H23NO2. The Morgan fingerprint density at radius 1 is 1.56 bits per heavy atom. The minimum absolute atomic E-state index is 0.116. The Labute approximate surface area is 98.5 Å². The average molecular weight is 225 g/mol. The summed E-state index contributed by atoms with van der Waals surface area (Å²) < 4.78 is 5.01. The van der Waals surface area contributed by atoms with Crippen molar-refractivity contribution in [2.45, 2.75) is 52.1 Å². The van der Waals surface area contributed by atoms with E-state index in [0.29, 0.717) is 25.2 Å². The molecule has 0 aromatic carbocycles. The Hall–Kier alpha value is -0.830. The molecule has 0 bridgehead atoms. The Kier molecular flexibility index (Phi) is 5.53. The normalized spacial score (nSPS) is 20.4. The summed E-state index contributed by atoms with van der Waals surface area (Å²) in [5.74, 6) is -0.116. The summed E-state index contributed by atoms with van der Waals surface area (Å²) in [5, 5.41) is 0. The minimum atomic E-state index is -0.116. The van der Waals surface area contributed by atoms with Gasteiger partial charge in [0.1, 0.15) is 0 Å². The topological polar surface area (TPSA) is 29.5 Å². The molecular weight excluding hydrogens is 202 g/mol. The van der Waals surface area contributed by atoms with Crippen LogP contribution in [-0.2, 0) is 9.53 Å². The second-order valence-corrected chi connectivity index (χ2v) is 4.50. The Morgan fingerprint density at radius 3 is 2.81 bits per heavy atom. The highest BCUT2D eigenvalue weighted by Gasteiger charge is 2.22. The van der Waals surface area contributed by atoms with E-state index >= 15 is 0 Å². The second-order valence-electron chi connectivity index (χ2n) is 4.50. The van der Waals surface area contributed by atoms with Gasteiger partial charge in [0.2, 0.25) is 0 Å². The lowest BCUT2D eigenvalue weighted by Gasteiger charge is -2.33. The molecule has 0 N–H and O–H groups in total. The van der Waals surface area contributed by atoms with E-state index in [2.05, 4.69) is 30.9 Å². The molecule has 0 spiro atoms. The summed E-state index contributed by atoms with van der Waals surface area (Å²) in [6.45, 7) is 6.97. The zero-order valence-corrected chi connectivity index (χ0v) is 10.6. The molecule has 1 rings (SSSR count). The maximum absolute atomic E-state index is 11.5. The van der Waals surface area contributed by atoms with Crippen LogP contribution in [0.2, 0.25) is 0 Å². The lowest BCUT2D eigenvalue weighted by molar-refractivity contribution is -0.145. The van der Waals surface area contributed by atoms with Gasteiger partial charge in [0, 0.05) is 12.1 Å². The van der Waals surface area contributed by atoms with Gasteiger partial charge in [0.05, 0.1) is 13.2 Å². The Bertz CT molecular complexity index is 248. The van der Waals surface area contributed by atoms with Gasteiger partial charge in [-0.15, -0.1) is 0 Å². The molecule has 3 nitrogen and oxygen atoms in total. The third-order valence-corrected chi connectivity index (χ3v) is 2.94. The number of esters is 1. The molecule has 1 aliphatic rings. The van der Waals surface area contributed by atoms with E-state index in [4.69, 9.17) is 4.74 Å². The van der Waals surface area contributed by atoms with Crippen LogP contribution in [-0.4, -0.2) is 36.1 Å². The van der Waals surface area contributed by atoms with E-state index in [0.717, 1.165) is 6.42 Å². The smallest absolute Gasteiger partial charge is 0.320 e. The highest BCUT2D eigenvalue weighted by molar-refractivity contribution is 5.71. The number of rotatable bonds is 5. The first-order chi connectivity index (χ1) is 7.65. The maximum atomic E-state index is 11.5. The quantitative estimate of drug-likeness (QED) is 0.531. The van der Waals surface area contributed by atoms with Crippen molar-refractivity contribution in [2.24, 2.45) is 0 Å². The van der Waals surface area contributed by atoms with E-state index in [1.54, 1.807) is 0 Å². The van der Waals surface area contributed by atoms with Crippen molar-refractivity contribution in [3.8, 4) is 0 Å². The van der Waals surface area contributed by atoms with Gasteiger partial charge in [-0.2, -0.15) is 0 Å². The summed E-state index contributed by atoms with van der Waals surface area (Å²) in [7, 11) is 0. The molecule has 1 atom stereocenters. The first kappa shape index (κ1) is 13.2. The number of ether oxygens (including phenoxy) is 1. The molecule has 3 heteroatoms. The molecule has 0 aromatic heterocycles. The first-order valence-electron chi connectivity index (χ1n) is 6.23. The van der Waals surface area contributed by atoms with Crippen LogP contribution in [0.1, 0.15) is 40.0 Å². The number of hydrogen-bond acceptors (Lipinski definition) is 3. The van der Waals surface area contributed by atoms with Crippen LogP contribution in [0.3, 0.4) is 0 Å². The van der Waals surface area contributed by atoms with Gasteiger partial charge in [0.15, 0.2) is 0 Å². The number of allylic oxidation sites excluding steroid dienone is 1. The fourth-order valence-corrected chi connectivity index (χ4v) is 2.11. The van der Waals surface area contributed by atoms with E-state index in [9.17, 15) is 4.79 Å². The van der Waals surface area contributed by atoms with Crippen LogP contribution in [0.15, 0.2) is 12.2 Å². The van der Waals surface area contributed by atoms with Crippen molar-refractivity contribution in [1.82, 2.24) is 4.90 Å². The highest BCUT2D eigenvalue weighted by atomic mass is 16.5. The van der Waals surface area contributed by atoms with Gasteiger partial charge in [-0.1, -0.05) is 12.2 Å². The van der Waals surface area contributed by atoms with Crippen molar-refractivity contribution < 1.29 is 9.53 Å². The third kappa shape index (κ3) is 3.97. The predicted molar refractivity (Wildman–Crippen MR) is 65.3 cm³/mol. The Balaban J connectivity index is 2.56. The van der Waals surface area contributed by atoms with Crippen molar-refractivity contribution in [1.29, 1.82) is 0 Å². The van der Waals surface area contributed by atoms with Crippen LogP contribution in [0.4, 0.5) is 0 Å². The van der Waals surface area contributed by atoms with Crippen LogP contribution in [0, 0.1) is 0 Å². The van der Waals surface area contributed by atoms with Gasteiger partial charge in [-0.05, 0) is 40.0 Å². The van der Waals surface area contributed by atoms with Crippen LogP contribution >= 0.6 is 0 Å². The second kappa shape index (κ2) is 6.69. The summed E-state index contributed by atoms with van der Waals surface area (Å²) in [5.41, 5.74) is 0. The van der Waals surface area contributed by atoms with Crippen molar-refractivity contribution >= 4 is 5.97 Å². The fraction of sp³-hybridized carbons (Fsp3) is 0.769. The molecule has 0 aromatic rings. The molecule has 0 amide bonds. The van der Waals surface area contributed by atoms with Crippen molar-refractivity contribution in [3.63, 3.8) is 0 Å². The average Bonchev–Trinajstić information content (AvgIpc) is 2.27. The molecule has 0 saturated heterocycles. The Morgan fingerprint density at radius 2 is 2.31 bits per heavy atom. The van der Waals surface area contributed by atoms with Crippen molar-refractivity contribution in [3.05, 3.63) is 12.2 Å².